The molecule has 4 nitrogen and oxygen atoms in total. The summed E-state index contributed by atoms with van der Waals surface area (Å²) >= 11 is 0. The maximum absolute atomic E-state index is 8.96. The molecule has 0 unspecified atom stereocenters. The molecule has 3 rings (SSSR count). The van der Waals surface area contributed by atoms with Crippen molar-refractivity contribution in [1.29, 1.82) is 5.26 Å². The van der Waals surface area contributed by atoms with Crippen LogP contribution in [-0.2, 0) is 13.1 Å². The van der Waals surface area contributed by atoms with Gasteiger partial charge >= 0.3 is 0 Å². The van der Waals surface area contributed by atoms with Gasteiger partial charge in [-0.1, -0.05) is 12.1 Å². The van der Waals surface area contributed by atoms with Crippen LogP contribution in [0.3, 0.4) is 0 Å². The molecular weight excluding hydrogens is 248 g/mol. The lowest BCUT2D eigenvalue weighted by Gasteiger charge is -2.05. The minimum atomic E-state index is 0.493. The van der Waals surface area contributed by atoms with Gasteiger partial charge in [0.2, 0.25) is 0 Å². The third kappa shape index (κ3) is 2.15. The molecule has 0 saturated carbocycles. The van der Waals surface area contributed by atoms with E-state index >= 15 is 0 Å². The number of fused-ring (bicyclic) bond motifs is 1. The molecule has 0 aliphatic heterocycles. The molecule has 0 radical (unpaired) electrons. The Kier molecular flexibility index (Phi) is 3.20. The maximum Gasteiger partial charge on any atom is 0.140 e. The molecule has 2 heterocycles. The maximum atomic E-state index is 8.96. The number of pyridine rings is 1. The molecule has 0 saturated heterocycles. The van der Waals surface area contributed by atoms with E-state index in [0.717, 1.165) is 22.2 Å². The van der Waals surface area contributed by atoms with Gasteiger partial charge in [0.15, 0.2) is 0 Å². The SMILES string of the molecule is N#Cc1cccc(Cn2cc(CN)c3cccnc32)c1. The average molecular weight is 262 g/mol. The lowest BCUT2D eigenvalue weighted by molar-refractivity contribution is 0.818. The minimum Gasteiger partial charge on any atom is -0.328 e. The van der Waals surface area contributed by atoms with E-state index < -0.39 is 0 Å². The first-order valence-corrected chi connectivity index (χ1v) is 6.43. The van der Waals surface area contributed by atoms with Crippen molar-refractivity contribution in [2.75, 3.05) is 0 Å². The fourth-order valence-corrected chi connectivity index (χ4v) is 2.41. The van der Waals surface area contributed by atoms with Crippen LogP contribution in [0.4, 0.5) is 0 Å². The van der Waals surface area contributed by atoms with Gasteiger partial charge in [0.25, 0.3) is 0 Å². The van der Waals surface area contributed by atoms with Gasteiger partial charge in [-0.2, -0.15) is 5.26 Å². The smallest absolute Gasteiger partial charge is 0.140 e. The Hall–Kier alpha value is -2.64. The number of aromatic nitrogens is 2. The highest BCUT2D eigenvalue weighted by Gasteiger charge is 2.08. The van der Waals surface area contributed by atoms with Gasteiger partial charge < -0.3 is 10.3 Å². The Labute approximate surface area is 117 Å². The molecule has 0 atom stereocenters. The van der Waals surface area contributed by atoms with Crippen molar-refractivity contribution in [3.63, 3.8) is 0 Å². The van der Waals surface area contributed by atoms with E-state index in [1.165, 1.54) is 0 Å². The van der Waals surface area contributed by atoms with Crippen LogP contribution in [0.2, 0.25) is 0 Å². The first kappa shape index (κ1) is 12.4. The summed E-state index contributed by atoms with van der Waals surface area (Å²) in [7, 11) is 0. The second-order valence-electron chi connectivity index (χ2n) is 4.67. The fourth-order valence-electron chi connectivity index (χ4n) is 2.41. The molecule has 4 heteroatoms. The van der Waals surface area contributed by atoms with Crippen molar-refractivity contribution in [2.24, 2.45) is 5.73 Å². The summed E-state index contributed by atoms with van der Waals surface area (Å²) in [4.78, 5) is 4.43. The zero-order chi connectivity index (χ0) is 13.9. The normalized spacial score (nSPS) is 10.6. The number of rotatable bonds is 3. The van der Waals surface area contributed by atoms with E-state index in [1.54, 1.807) is 12.3 Å². The molecule has 0 bridgehead atoms. The number of hydrogen-bond donors (Lipinski definition) is 1. The Morgan fingerprint density at radius 2 is 2.15 bits per heavy atom. The highest BCUT2D eigenvalue weighted by Crippen LogP contribution is 2.20. The summed E-state index contributed by atoms with van der Waals surface area (Å²) < 4.78 is 2.08. The Bertz CT molecular complexity index is 796. The quantitative estimate of drug-likeness (QED) is 0.788. The zero-order valence-electron chi connectivity index (χ0n) is 11.0. The van der Waals surface area contributed by atoms with Crippen LogP contribution < -0.4 is 5.73 Å². The average Bonchev–Trinajstić information content (AvgIpc) is 2.86. The van der Waals surface area contributed by atoms with Gasteiger partial charge in [-0.25, -0.2) is 4.98 Å². The van der Waals surface area contributed by atoms with Crippen molar-refractivity contribution in [3.05, 3.63) is 65.5 Å². The monoisotopic (exact) mass is 262 g/mol. The summed E-state index contributed by atoms with van der Waals surface area (Å²) in [5.41, 5.74) is 9.55. The van der Waals surface area contributed by atoms with Crippen LogP contribution >= 0.6 is 0 Å². The molecule has 0 spiro atoms. The minimum absolute atomic E-state index is 0.493. The molecule has 0 fully saturated rings. The summed E-state index contributed by atoms with van der Waals surface area (Å²) in [6, 6.07) is 13.7. The second-order valence-corrected chi connectivity index (χ2v) is 4.67. The summed E-state index contributed by atoms with van der Waals surface area (Å²) in [5.74, 6) is 0. The summed E-state index contributed by atoms with van der Waals surface area (Å²) in [6.45, 7) is 1.18. The molecule has 98 valence electrons. The molecule has 3 aromatic rings. The lowest BCUT2D eigenvalue weighted by atomic mass is 10.1. The van der Waals surface area contributed by atoms with Gasteiger partial charge in [0.1, 0.15) is 5.65 Å². The van der Waals surface area contributed by atoms with Crippen molar-refractivity contribution in [1.82, 2.24) is 9.55 Å². The van der Waals surface area contributed by atoms with Crippen LogP contribution in [0.1, 0.15) is 16.7 Å². The Morgan fingerprint density at radius 3 is 2.95 bits per heavy atom. The predicted molar refractivity (Wildman–Crippen MR) is 77.9 cm³/mol. The predicted octanol–water partition coefficient (Wildman–Crippen LogP) is 2.41. The molecule has 0 aliphatic carbocycles. The van der Waals surface area contributed by atoms with E-state index in [9.17, 15) is 0 Å². The highest BCUT2D eigenvalue weighted by molar-refractivity contribution is 5.80. The van der Waals surface area contributed by atoms with E-state index in [4.69, 9.17) is 11.0 Å². The first-order chi connectivity index (χ1) is 9.81. The third-order valence-corrected chi connectivity index (χ3v) is 3.35. The van der Waals surface area contributed by atoms with Crippen molar-refractivity contribution >= 4 is 11.0 Å². The van der Waals surface area contributed by atoms with Gasteiger partial charge in [0.05, 0.1) is 11.6 Å². The van der Waals surface area contributed by atoms with Crippen LogP contribution in [0, 0.1) is 11.3 Å². The fraction of sp³-hybridized carbons (Fsp3) is 0.125. The van der Waals surface area contributed by atoms with E-state index in [0.29, 0.717) is 18.7 Å². The summed E-state index contributed by atoms with van der Waals surface area (Å²) in [5, 5.41) is 10.0. The third-order valence-electron chi connectivity index (χ3n) is 3.35. The van der Waals surface area contributed by atoms with Crippen LogP contribution in [0.15, 0.2) is 48.8 Å². The van der Waals surface area contributed by atoms with Crippen molar-refractivity contribution in [3.8, 4) is 6.07 Å². The van der Waals surface area contributed by atoms with Gasteiger partial charge in [-0.15, -0.1) is 0 Å². The number of nitrogens with two attached hydrogens (primary N) is 1. The van der Waals surface area contributed by atoms with E-state index in [-0.39, 0.29) is 0 Å². The van der Waals surface area contributed by atoms with Crippen LogP contribution in [-0.4, -0.2) is 9.55 Å². The molecule has 20 heavy (non-hydrogen) atoms. The molecule has 2 aromatic heterocycles. The van der Waals surface area contributed by atoms with Crippen LogP contribution in [0.5, 0.6) is 0 Å². The standard InChI is InChI=1S/C16H14N4/c17-8-12-3-1-4-13(7-12)10-20-11-14(9-18)15-5-2-6-19-16(15)20/h1-7,11H,9-10,18H2. The lowest BCUT2D eigenvalue weighted by Crippen LogP contribution is -1.99. The number of hydrogen-bond acceptors (Lipinski definition) is 3. The Balaban J connectivity index is 2.04. The van der Waals surface area contributed by atoms with Crippen LogP contribution in [0.25, 0.3) is 11.0 Å². The molecule has 1 aromatic carbocycles. The van der Waals surface area contributed by atoms with Gasteiger partial charge in [-0.3, -0.25) is 0 Å². The number of nitrogens with zero attached hydrogens (tertiary/aromatic N) is 3. The largest absolute Gasteiger partial charge is 0.328 e. The molecule has 2 N–H and O–H groups in total. The van der Waals surface area contributed by atoms with E-state index in [2.05, 4.69) is 15.6 Å². The van der Waals surface area contributed by atoms with Crippen molar-refractivity contribution < 1.29 is 0 Å². The topological polar surface area (TPSA) is 67.6 Å². The van der Waals surface area contributed by atoms with Gasteiger partial charge in [-0.05, 0) is 35.4 Å². The number of benzene rings is 1. The molecule has 0 amide bonds. The summed E-state index contributed by atoms with van der Waals surface area (Å²) in [6.07, 6.45) is 3.82. The molecule has 0 aliphatic rings. The highest BCUT2D eigenvalue weighted by atomic mass is 15.0. The van der Waals surface area contributed by atoms with Gasteiger partial charge in [0, 0.05) is 30.9 Å². The van der Waals surface area contributed by atoms with E-state index in [1.807, 2.05) is 36.5 Å². The Morgan fingerprint density at radius 1 is 1.25 bits per heavy atom. The number of nitriles is 1. The zero-order valence-corrected chi connectivity index (χ0v) is 11.0. The first-order valence-electron chi connectivity index (χ1n) is 6.43. The van der Waals surface area contributed by atoms with Crippen molar-refractivity contribution in [2.45, 2.75) is 13.1 Å². The molecular formula is C16H14N4. The second kappa shape index (κ2) is 5.16.